The van der Waals surface area contributed by atoms with Crippen LogP contribution in [-0.4, -0.2) is 32.7 Å². The van der Waals surface area contributed by atoms with Crippen molar-refractivity contribution in [1.29, 1.82) is 0 Å². The van der Waals surface area contributed by atoms with E-state index in [4.69, 9.17) is 0 Å². The highest BCUT2D eigenvalue weighted by atomic mass is 15.2. The van der Waals surface area contributed by atoms with Crippen molar-refractivity contribution in [2.45, 2.75) is 52.1 Å². The average Bonchev–Trinajstić information content (AvgIpc) is 3.22. The standard InChI is InChI=1S/C20H26N4/c1-3-18-17-13-24(11-10-20(17)23-22-18)14(2)8-9-15-12-21-19-7-5-4-6-16(15)19/h4-7,12,14,21H,3,8-11,13H2,1-2H3,(H,22,23)/t14-/m1/s1. The number of fused-ring (bicyclic) bond motifs is 2. The van der Waals surface area contributed by atoms with Crippen LogP contribution in [0.15, 0.2) is 30.5 Å². The Morgan fingerprint density at radius 3 is 3.04 bits per heavy atom. The number of benzene rings is 1. The second kappa shape index (κ2) is 6.44. The molecule has 4 heteroatoms. The van der Waals surface area contributed by atoms with Crippen LogP contribution in [0.1, 0.15) is 42.8 Å². The summed E-state index contributed by atoms with van der Waals surface area (Å²) in [4.78, 5) is 6.01. The second-order valence-electron chi connectivity index (χ2n) is 6.95. The van der Waals surface area contributed by atoms with Gasteiger partial charge in [-0.15, -0.1) is 0 Å². The van der Waals surface area contributed by atoms with Crippen LogP contribution in [0.4, 0.5) is 0 Å². The molecule has 0 radical (unpaired) electrons. The van der Waals surface area contributed by atoms with Crippen molar-refractivity contribution in [1.82, 2.24) is 20.1 Å². The van der Waals surface area contributed by atoms with Crippen LogP contribution in [-0.2, 0) is 25.8 Å². The van der Waals surface area contributed by atoms with E-state index in [9.17, 15) is 0 Å². The first-order valence-corrected chi connectivity index (χ1v) is 9.10. The molecular weight excluding hydrogens is 296 g/mol. The maximum atomic E-state index is 4.48. The van der Waals surface area contributed by atoms with Crippen molar-refractivity contribution in [2.75, 3.05) is 6.54 Å². The van der Waals surface area contributed by atoms with Gasteiger partial charge in [0.05, 0.1) is 5.69 Å². The number of H-pyrrole nitrogens is 2. The number of aromatic nitrogens is 3. The predicted octanol–water partition coefficient (Wildman–Crippen LogP) is 3.83. The number of para-hydroxylation sites is 1. The average molecular weight is 322 g/mol. The molecule has 0 bridgehead atoms. The minimum atomic E-state index is 0.589. The van der Waals surface area contributed by atoms with E-state index in [-0.39, 0.29) is 0 Å². The van der Waals surface area contributed by atoms with Gasteiger partial charge in [0.25, 0.3) is 0 Å². The van der Waals surface area contributed by atoms with Crippen LogP contribution in [0.5, 0.6) is 0 Å². The zero-order valence-corrected chi connectivity index (χ0v) is 14.6. The van der Waals surface area contributed by atoms with Gasteiger partial charge in [0.15, 0.2) is 0 Å². The van der Waals surface area contributed by atoms with Gasteiger partial charge in [-0.05, 0) is 37.8 Å². The molecule has 0 fully saturated rings. The summed E-state index contributed by atoms with van der Waals surface area (Å²) >= 11 is 0. The van der Waals surface area contributed by atoms with E-state index in [1.54, 1.807) is 0 Å². The van der Waals surface area contributed by atoms with Crippen molar-refractivity contribution in [3.8, 4) is 0 Å². The zero-order valence-electron chi connectivity index (χ0n) is 14.6. The monoisotopic (exact) mass is 322 g/mol. The molecule has 0 unspecified atom stereocenters. The van der Waals surface area contributed by atoms with Gasteiger partial charge in [-0.1, -0.05) is 25.1 Å². The lowest BCUT2D eigenvalue weighted by Crippen LogP contribution is -2.38. The molecule has 4 nitrogen and oxygen atoms in total. The van der Waals surface area contributed by atoms with Gasteiger partial charge in [-0.2, -0.15) is 5.10 Å². The lowest BCUT2D eigenvalue weighted by molar-refractivity contribution is 0.181. The highest BCUT2D eigenvalue weighted by Gasteiger charge is 2.24. The third-order valence-electron chi connectivity index (χ3n) is 5.51. The smallest absolute Gasteiger partial charge is 0.0667 e. The molecule has 4 rings (SSSR count). The van der Waals surface area contributed by atoms with Crippen molar-refractivity contribution in [3.63, 3.8) is 0 Å². The molecule has 1 atom stereocenters. The molecule has 0 spiro atoms. The van der Waals surface area contributed by atoms with Gasteiger partial charge < -0.3 is 4.98 Å². The molecule has 2 aromatic heterocycles. The third kappa shape index (κ3) is 2.75. The van der Waals surface area contributed by atoms with Gasteiger partial charge in [-0.3, -0.25) is 10.00 Å². The van der Waals surface area contributed by atoms with Gasteiger partial charge in [0, 0.05) is 53.9 Å². The summed E-state index contributed by atoms with van der Waals surface area (Å²) in [5.41, 5.74) is 6.73. The summed E-state index contributed by atoms with van der Waals surface area (Å²) in [5, 5.41) is 9.07. The number of aromatic amines is 2. The lowest BCUT2D eigenvalue weighted by atomic mass is 9.99. The molecule has 126 valence electrons. The predicted molar refractivity (Wildman–Crippen MR) is 98.2 cm³/mol. The van der Waals surface area contributed by atoms with Crippen LogP contribution in [0.25, 0.3) is 10.9 Å². The maximum absolute atomic E-state index is 4.48. The quantitative estimate of drug-likeness (QED) is 0.750. The summed E-state index contributed by atoms with van der Waals surface area (Å²) < 4.78 is 0. The first-order chi connectivity index (χ1) is 11.8. The second-order valence-corrected chi connectivity index (χ2v) is 6.95. The molecule has 24 heavy (non-hydrogen) atoms. The third-order valence-corrected chi connectivity index (χ3v) is 5.51. The Morgan fingerprint density at radius 1 is 1.29 bits per heavy atom. The summed E-state index contributed by atoms with van der Waals surface area (Å²) in [6, 6.07) is 9.18. The summed E-state index contributed by atoms with van der Waals surface area (Å²) in [7, 11) is 0. The molecular formula is C20H26N4. The highest BCUT2D eigenvalue weighted by molar-refractivity contribution is 5.82. The summed E-state index contributed by atoms with van der Waals surface area (Å²) in [6.45, 7) is 6.73. The minimum absolute atomic E-state index is 0.589. The Kier molecular flexibility index (Phi) is 4.15. The zero-order chi connectivity index (χ0) is 16.5. The Hall–Kier alpha value is -2.07. The first-order valence-electron chi connectivity index (χ1n) is 9.10. The SMILES string of the molecule is CCc1n[nH]c2c1CN([C@H](C)CCc1c[nH]c3ccccc13)CC2. The number of aryl methyl sites for hydroxylation is 2. The van der Waals surface area contributed by atoms with Gasteiger partial charge in [0.2, 0.25) is 0 Å². The largest absolute Gasteiger partial charge is 0.361 e. The van der Waals surface area contributed by atoms with Crippen LogP contribution in [0, 0.1) is 0 Å². The minimum Gasteiger partial charge on any atom is -0.361 e. The van der Waals surface area contributed by atoms with E-state index in [1.165, 1.54) is 39.8 Å². The van der Waals surface area contributed by atoms with Crippen LogP contribution in [0.3, 0.4) is 0 Å². The van der Waals surface area contributed by atoms with Crippen LogP contribution in [0.2, 0.25) is 0 Å². The van der Waals surface area contributed by atoms with Gasteiger partial charge >= 0.3 is 0 Å². The first kappa shape index (κ1) is 15.5. The molecule has 3 heterocycles. The van der Waals surface area contributed by atoms with Crippen molar-refractivity contribution in [3.05, 3.63) is 53.0 Å². The fourth-order valence-electron chi connectivity index (χ4n) is 3.93. The Balaban J connectivity index is 1.42. The normalized spacial score (nSPS) is 16.4. The molecule has 1 aliphatic heterocycles. The van der Waals surface area contributed by atoms with E-state index in [0.717, 1.165) is 32.4 Å². The Labute approximate surface area is 143 Å². The van der Waals surface area contributed by atoms with Crippen molar-refractivity contribution < 1.29 is 0 Å². The van der Waals surface area contributed by atoms with E-state index in [0.29, 0.717) is 6.04 Å². The molecule has 0 aliphatic carbocycles. The molecule has 2 N–H and O–H groups in total. The van der Waals surface area contributed by atoms with Crippen LogP contribution < -0.4 is 0 Å². The topological polar surface area (TPSA) is 47.7 Å². The van der Waals surface area contributed by atoms with E-state index >= 15 is 0 Å². The fourth-order valence-corrected chi connectivity index (χ4v) is 3.93. The van der Waals surface area contributed by atoms with E-state index in [2.05, 4.69) is 64.4 Å². The maximum Gasteiger partial charge on any atom is 0.0667 e. The number of hydrogen-bond donors (Lipinski definition) is 2. The number of nitrogens with one attached hydrogen (secondary N) is 2. The summed E-state index contributed by atoms with van der Waals surface area (Å²) in [6.07, 6.45) is 6.61. The fraction of sp³-hybridized carbons (Fsp3) is 0.450. The molecule has 0 saturated carbocycles. The molecule has 1 aromatic carbocycles. The highest BCUT2D eigenvalue weighted by Crippen LogP contribution is 2.25. The summed E-state index contributed by atoms with van der Waals surface area (Å²) in [5.74, 6) is 0. The Morgan fingerprint density at radius 2 is 2.17 bits per heavy atom. The molecule has 3 aromatic rings. The molecule has 0 saturated heterocycles. The lowest BCUT2D eigenvalue weighted by Gasteiger charge is -2.32. The van der Waals surface area contributed by atoms with Crippen LogP contribution >= 0.6 is 0 Å². The number of hydrogen-bond acceptors (Lipinski definition) is 2. The number of nitrogens with zero attached hydrogens (tertiary/aromatic N) is 2. The van der Waals surface area contributed by atoms with Gasteiger partial charge in [-0.25, -0.2) is 0 Å². The van der Waals surface area contributed by atoms with Gasteiger partial charge in [0.1, 0.15) is 0 Å². The Bertz CT molecular complexity index is 816. The van der Waals surface area contributed by atoms with E-state index < -0.39 is 0 Å². The number of rotatable bonds is 5. The molecule has 1 aliphatic rings. The molecule has 0 amide bonds. The van der Waals surface area contributed by atoms with Crippen molar-refractivity contribution in [2.24, 2.45) is 0 Å². The van der Waals surface area contributed by atoms with Crippen molar-refractivity contribution >= 4 is 10.9 Å². The van der Waals surface area contributed by atoms with E-state index in [1.807, 2.05) is 0 Å².